The molecule has 1 amide bonds. The van der Waals surface area contributed by atoms with E-state index in [-0.39, 0.29) is 11.5 Å². The van der Waals surface area contributed by atoms with Gasteiger partial charge in [0, 0.05) is 26.8 Å². The minimum atomic E-state index is -4.75. The first kappa shape index (κ1) is 21.2. The lowest BCUT2D eigenvalue weighted by atomic mass is 10.2. The number of aryl methyl sites for hydroxylation is 1. The van der Waals surface area contributed by atoms with Gasteiger partial charge < -0.3 is 19.9 Å². The lowest BCUT2D eigenvalue weighted by Crippen LogP contribution is -2.18. The summed E-state index contributed by atoms with van der Waals surface area (Å²) in [6.45, 7) is 1.04. The molecular weight excluding hydrogens is 403 g/mol. The number of halogens is 3. The molecule has 2 N–H and O–H groups in total. The van der Waals surface area contributed by atoms with Crippen LogP contribution in [0.3, 0.4) is 0 Å². The fourth-order valence-corrected chi connectivity index (χ4v) is 2.44. The number of alkyl halides is 3. The Morgan fingerprint density at radius 2 is 2.03 bits per heavy atom. The lowest BCUT2D eigenvalue weighted by Gasteiger charge is -2.11. The van der Waals surface area contributed by atoms with Crippen molar-refractivity contribution in [1.82, 2.24) is 24.5 Å². The van der Waals surface area contributed by atoms with Crippen molar-refractivity contribution in [3.63, 3.8) is 0 Å². The normalized spacial score (nSPS) is 11.4. The van der Waals surface area contributed by atoms with Gasteiger partial charge in [-0.2, -0.15) is 13.2 Å². The maximum atomic E-state index is 13.3. The summed E-state index contributed by atoms with van der Waals surface area (Å²) in [5.41, 5.74) is -1.12. The SMILES string of the molecule is COCCNc1ccc(NC(=O)c2cc(C(F)(F)F)nc(-c3cncn3C)n2)cn1. The Morgan fingerprint density at radius 3 is 2.63 bits per heavy atom. The maximum absolute atomic E-state index is 13.3. The molecule has 3 aromatic rings. The van der Waals surface area contributed by atoms with E-state index in [0.29, 0.717) is 30.7 Å². The first-order chi connectivity index (χ1) is 14.3. The summed E-state index contributed by atoms with van der Waals surface area (Å²) in [6.07, 6.45) is -0.660. The highest BCUT2D eigenvalue weighted by molar-refractivity contribution is 6.03. The quantitative estimate of drug-likeness (QED) is 0.565. The van der Waals surface area contributed by atoms with Gasteiger partial charge in [-0.25, -0.2) is 19.9 Å². The van der Waals surface area contributed by atoms with Gasteiger partial charge in [-0.3, -0.25) is 4.79 Å². The van der Waals surface area contributed by atoms with E-state index < -0.39 is 23.5 Å². The first-order valence-corrected chi connectivity index (χ1v) is 8.71. The molecule has 12 heteroatoms. The molecule has 0 atom stereocenters. The van der Waals surface area contributed by atoms with E-state index in [1.54, 1.807) is 26.3 Å². The van der Waals surface area contributed by atoms with E-state index in [9.17, 15) is 18.0 Å². The number of aromatic nitrogens is 5. The van der Waals surface area contributed by atoms with Crippen molar-refractivity contribution < 1.29 is 22.7 Å². The van der Waals surface area contributed by atoms with Gasteiger partial charge in [0.05, 0.1) is 31.0 Å². The standard InChI is InChI=1S/C18H18F3N7O2/c1-28-10-22-9-13(28)16-26-12(7-14(27-16)18(19,20)21)17(29)25-11-3-4-15(24-8-11)23-5-6-30-2/h3-4,7-10H,5-6H2,1-2H3,(H,23,24)(H,25,29). The number of anilines is 2. The van der Waals surface area contributed by atoms with Gasteiger partial charge in [-0.05, 0) is 12.1 Å². The molecule has 0 aromatic carbocycles. The number of hydrogen-bond acceptors (Lipinski definition) is 7. The van der Waals surface area contributed by atoms with Crippen molar-refractivity contribution in [1.29, 1.82) is 0 Å². The number of rotatable bonds is 7. The molecule has 30 heavy (non-hydrogen) atoms. The van der Waals surface area contributed by atoms with E-state index in [1.807, 2.05) is 0 Å². The zero-order chi connectivity index (χ0) is 21.7. The van der Waals surface area contributed by atoms with Crippen LogP contribution in [0.25, 0.3) is 11.5 Å². The van der Waals surface area contributed by atoms with Crippen molar-refractivity contribution in [3.8, 4) is 11.5 Å². The Kier molecular flexibility index (Phi) is 6.26. The average Bonchev–Trinajstić information content (AvgIpc) is 3.14. The summed E-state index contributed by atoms with van der Waals surface area (Å²) in [4.78, 5) is 28.0. The van der Waals surface area contributed by atoms with Gasteiger partial charge in [0.15, 0.2) is 5.82 Å². The van der Waals surface area contributed by atoms with E-state index in [2.05, 4.69) is 30.6 Å². The van der Waals surface area contributed by atoms with Crippen molar-refractivity contribution in [3.05, 3.63) is 48.3 Å². The van der Waals surface area contributed by atoms with Crippen molar-refractivity contribution in [2.75, 3.05) is 30.9 Å². The smallest absolute Gasteiger partial charge is 0.383 e. The van der Waals surface area contributed by atoms with E-state index >= 15 is 0 Å². The van der Waals surface area contributed by atoms with Gasteiger partial charge >= 0.3 is 6.18 Å². The van der Waals surface area contributed by atoms with Crippen LogP contribution in [0, 0.1) is 0 Å². The second-order valence-electron chi connectivity index (χ2n) is 6.16. The highest BCUT2D eigenvalue weighted by Gasteiger charge is 2.34. The molecule has 0 radical (unpaired) electrons. The molecule has 0 fully saturated rings. The van der Waals surface area contributed by atoms with Crippen LogP contribution in [0.2, 0.25) is 0 Å². The first-order valence-electron chi connectivity index (χ1n) is 8.71. The van der Waals surface area contributed by atoms with E-state index in [0.717, 1.165) is 0 Å². The van der Waals surface area contributed by atoms with Crippen LogP contribution in [-0.2, 0) is 18.0 Å². The summed E-state index contributed by atoms with van der Waals surface area (Å²) in [6, 6.07) is 3.78. The van der Waals surface area contributed by atoms with Gasteiger partial charge in [-0.1, -0.05) is 0 Å². The van der Waals surface area contributed by atoms with E-state index in [4.69, 9.17) is 4.74 Å². The van der Waals surface area contributed by atoms with Crippen LogP contribution < -0.4 is 10.6 Å². The molecule has 0 aliphatic heterocycles. The highest BCUT2D eigenvalue weighted by Crippen LogP contribution is 2.29. The monoisotopic (exact) mass is 421 g/mol. The zero-order valence-electron chi connectivity index (χ0n) is 16.1. The van der Waals surface area contributed by atoms with Crippen LogP contribution in [0.4, 0.5) is 24.7 Å². The molecule has 0 saturated heterocycles. The minimum absolute atomic E-state index is 0.239. The summed E-state index contributed by atoms with van der Waals surface area (Å²) < 4.78 is 46.2. The molecule has 3 rings (SSSR count). The predicted molar refractivity (Wildman–Crippen MR) is 102 cm³/mol. The molecule has 0 bridgehead atoms. The molecule has 0 unspecified atom stereocenters. The maximum Gasteiger partial charge on any atom is 0.433 e. The molecule has 9 nitrogen and oxygen atoms in total. The van der Waals surface area contributed by atoms with Crippen molar-refractivity contribution >= 4 is 17.4 Å². The molecule has 0 aliphatic rings. The highest BCUT2D eigenvalue weighted by atomic mass is 19.4. The molecule has 0 aliphatic carbocycles. The largest absolute Gasteiger partial charge is 0.433 e. The summed E-state index contributed by atoms with van der Waals surface area (Å²) in [5, 5.41) is 5.49. The Labute approximate surface area is 169 Å². The average molecular weight is 421 g/mol. The third kappa shape index (κ3) is 5.08. The second kappa shape index (κ2) is 8.86. The molecule has 158 valence electrons. The van der Waals surface area contributed by atoms with Crippen molar-refractivity contribution in [2.24, 2.45) is 7.05 Å². The van der Waals surface area contributed by atoms with Gasteiger partial charge in [0.2, 0.25) is 0 Å². The van der Waals surface area contributed by atoms with Gasteiger partial charge in [0.25, 0.3) is 5.91 Å². The number of ether oxygens (including phenoxy) is 1. The number of pyridine rings is 1. The summed E-state index contributed by atoms with van der Waals surface area (Å²) >= 11 is 0. The third-order valence-electron chi connectivity index (χ3n) is 3.93. The third-order valence-corrected chi connectivity index (χ3v) is 3.93. The van der Waals surface area contributed by atoms with Gasteiger partial charge in [0.1, 0.15) is 22.9 Å². The number of carbonyl (C=O) groups excluding carboxylic acids is 1. The van der Waals surface area contributed by atoms with Crippen LogP contribution in [0.1, 0.15) is 16.2 Å². The summed E-state index contributed by atoms with van der Waals surface area (Å²) in [7, 11) is 3.16. The number of nitrogens with one attached hydrogen (secondary N) is 2. The van der Waals surface area contributed by atoms with Crippen LogP contribution in [0.15, 0.2) is 36.9 Å². The van der Waals surface area contributed by atoms with Gasteiger partial charge in [-0.15, -0.1) is 0 Å². The number of methoxy groups -OCH3 is 1. The van der Waals surface area contributed by atoms with E-state index in [1.165, 1.54) is 23.3 Å². The molecule has 0 spiro atoms. The van der Waals surface area contributed by atoms with Crippen LogP contribution in [-0.4, -0.2) is 50.7 Å². The van der Waals surface area contributed by atoms with Crippen LogP contribution >= 0.6 is 0 Å². The van der Waals surface area contributed by atoms with Crippen LogP contribution in [0.5, 0.6) is 0 Å². The number of nitrogens with zero attached hydrogens (tertiary/aromatic N) is 5. The topological polar surface area (TPSA) is 107 Å². The fourth-order valence-electron chi connectivity index (χ4n) is 2.44. The number of amides is 1. The zero-order valence-corrected chi connectivity index (χ0v) is 16.1. The number of hydrogen-bond donors (Lipinski definition) is 2. The summed E-state index contributed by atoms with van der Waals surface area (Å²) in [5.74, 6) is -0.524. The second-order valence-corrected chi connectivity index (χ2v) is 6.16. The molecule has 3 aromatic heterocycles. The Morgan fingerprint density at radius 1 is 1.23 bits per heavy atom. The Bertz CT molecular complexity index is 1020. The molecule has 3 heterocycles. The number of carbonyl (C=O) groups is 1. The number of imidazole rings is 1. The lowest BCUT2D eigenvalue weighted by molar-refractivity contribution is -0.141. The van der Waals surface area contributed by atoms with Crippen molar-refractivity contribution in [2.45, 2.75) is 6.18 Å². The Balaban J connectivity index is 1.83. The minimum Gasteiger partial charge on any atom is -0.383 e. The predicted octanol–water partition coefficient (Wildman–Crippen LogP) is 2.60. The fraction of sp³-hybridized carbons (Fsp3) is 0.278. The Hall–Kier alpha value is -3.54. The molecular formula is C18H18F3N7O2. The molecule has 0 saturated carbocycles.